The van der Waals surface area contributed by atoms with Gasteiger partial charge in [-0.1, -0.05) is 17.3 Å². The summed E-state index contributed by atoms with van der Waals surface area (Å²) in [4.78, 5) is 18.9. The molecule has 0 spiro atoms. The number of ether oxygens (including phenoxy) is 2. The monoisotopic (exact) mass is 482 g/mol. The van der Waals surface area contributed by atoms with Crippen LogP contribution in [-0.4, -0.2) is 60.4 Å². The smallest absolute Gasteiger partial charge is 0.227 e. The number of aryl methyl sites for hydroxylation is 1. The summed E-state index contributed by atoms with van der Waals surface area (Å²) in [6.45, 7) is 3.52. The Balaban J connectivity index is 1.17. The molecule has 8 nitrogen and oxygen atoms in total. The van der Waals surface area contributed by atoms with E-state index in [1.807, 2.05) is 24.3 Å². The number of carbonyl (C=O) groups is 1. The molecule has 1 N–H and O–H groups in total. The Morgan fingerprint density at radius 3 is 2.80 bits per heavy atom. The van der Waals surface area contributed by atoms with Gasteiger partial charge in [0.25, 0.3) is 0 Å². The van der Waals surface area contributed by atoms with Gasteiger partial charge in [-0.15, -0.1) is 0 Å². The molecule has 0 radical (unpaired) electrons. The number of nitrogens with zero attached hydrogens (tertiary/aromatic N) is 3. The summed E-state index contributed by atoms with van der Waals surface area (Å²) in [5.41, 5.74) is 1.62. The van der Waals surface area contributed by atoms with Crippen molar-refractivity contribution in [2.75, 3.05) is 33.4 Å². The zero-order chi connectivity index (χ0) is 24.5. The van der Waals surface area contributed by atoms with Crippen molar-refractivity contribution in [1.29, 1.82) is 0 Å². The standard InChI is InChI=1S/C26H31FN4O4/c1-31(22-11-14-33-15-12-22)13-16-34-23-4-2-3-19(17-23)18-28-24(32)9-10-25-29-26(30-35-25)20-5-7-21(27)8-6-20/h2-8,17,22H,9-16,18H2,1H3,(H,28,32). The summed E-state index contributed by atoms with van der Waals surface area (Å²) < 4.78 is 29.6. The topological polar surface area (TPSA) is 89.7 Å². The van der Waals surface area contributed by atoms with Gasteiger partial charge in [0.05, 0.1) is 0 Å². The fourth-order valence-electron chi connectivity index (χ4n) is 3.94. The fraction of sp³-hybridized carbons (Fsp3) is 0.423. The number of benzene rings is 2. The molecule has 186 valence electrons. The highest BCUT2D eigenvalue weighted by molar-refractivity contribution is 5.76. The van der Waals surface area contributed by atoms with Crippen molar-refractivity contribution in [1.82, 2.24) is 20.4 Å². The summed E-state index contributed by atoms with van der Waals surface area (Å²) in [5.74, 6) is 1.08. The van der Waals surface area contributed by atoms with Crippen molar-refractivity contribution in [3.63, 3.8) is 0 Å². The van der Waals surface area contributed by atoms with Crippen LogP contribution in [0.25, 0.3) is 11.4 Å². The van der Waals surface area contributed by atoms with E-state index in [9.17, 15) is 9.18 Å². The van der Waals surface area contributed by atoms with Gasteiger partial charge >= 0.3 is 0 Å². The van der Waals surface area contributed by atoms with Crippen LogP contribution in [0.5, 0.6) is 5.75 Å². The second-order valence-electron chi connectivity index (χ2n) is 8.62. The maximum absolute atomic E-state index is 13.1. The van der Waals surface area contributed by atoms with E-state index >= 15 is 0 Å². The molecule has 0 aliphatic carbocycles. The predicted molar refractivity (Wildman–Crippen MR) is 128 cm³/mol. The Bertz CT molecular complexity index is 1080. The number of amides is 1. The summed E-state index contributed by atoms with van der Waals surface area (Å²) in [5, 5.41) is 6.81. The van der Waals surface area contributed by atoms with Crippen molar-refractivity contribution >= 4 is 5.91 Å². The van der Waals surface area contributed by atoms with Gasteiger partial charge in [0.2, 0.25) is 17.6 Å². The number of nitrogens with one attached hydrogen (secondary N) is 1. The number of hydrogen-bond donors (Lipinski definition) is 1. The van der Waals surface area contributed by atoms with Crippen LogP contribution >= 0.6 is 0 Å². The van der Waals surface area contributed by atoms with Gasteiger partial charge in [0.1, 0.15) is 18.2 Å². The first kappa shape index (κ1) is 24.8. The molecule has 4 rings (SSSR count). The maximum atomic E-state index is 13.1. The number of rotatable bonds is 11. The molecule has 1 aromatic heterocycles. The average molecular weight is 483 g/mol. The molecular formula is C26H31FN4O4. The largest absolute Gasteiger partial charge is 0.492 e. The fourth-order valence-corrected chi connectivity index (χ4v) is 3.94. The molecule has 0 saturated carbocycles. The number of carbonyl (C=O) groups excluding carboxylic acids is 1. The lowest BCUT2D eigenvalue weighted by atomic mass is 10.1. The van der Waals surface area contributed by atoms with Crippen molar-refractivity contribution < 1.29 is 23.2 Å². The lowest BCUT2D eigenvalue weighted by molar-refractivity contribution is -0.121. The van der Waals surface area contributed by atoms with Crippen molar-refractivity contribution in [3.8, 4) is 17.1 Å². The number of aromatic nitrogens is 2. The molecular weight excluding hydrogens is 451 g/mol. The van der Waals surface area contributed by atoms with Crippen molar-refractivity contribution in [2.24, 2.45) is 0 Å². The first-order valence-electron chi connectivity index (χ1n) is 11.9. The van der Waals surface area contributed by atoms with Crippen LogP contribution in [0, 0.1) is 5.82 Å². The number of likely N-dealkylation sites (N-methyl/N-ethyl adjacent to an activating group) is 1. The number of halogens is 1. The molecule has 35 heavy (non-hydrogen) atoms. The van der Waals surface area contributed by atoms with E-state index in [0.717, 1.165) is 43.9 Å². The molecule has 1 fully saturated rings. The molecule has 0 unspecified atom stereocenters. The molecule has 9 heteroatoms. The summed E-state index contributed by atoms with van der Waals surface area (Å²) >= 11 is 0. The molecule has 2 heterocycles. The second-order valence-corrected chi connectivity index (χ2v) is 8.62. The maximum Gasteiger partial charge on any atom is 0.227 e. The van der Waals surface area contributed by atoms with Crippen molar-refractivity contribution in [3.05, 3.63) is 65.8 Å². The lowest BCUT2D eigenvalue weighted by Crippen LogP contribution is -2.38. The van der Waals surface area contributed by atoms with Gasteiger partial charge in [-0.2, -0.15) is 4.98 Å². The van der Waals surface area contributed by atoms with Crippen LogP contribution in [-0.2, 0) is 22.5 Å². The van der Waals surface area contributed by atoms with E-state index in [4.69, 9.17) is 14.0 Å². The highest BCUT2D eigenvalue weighted by atomic mass is 19.1. The minimum absolute atomic E-state index is 0.115. The SMILES string of the molecule is CN(CCOc1cccc(CNC(=O)CCc2nc(-c3ccc(F)cc3)no2)c1)C1CCOCC1. The van der Waals surface area contributed by atoms with Gasteiger partial charge in [0, 0.05) is 50.8 Å². The average Bonchev–Trinajstić information content (AvgIpc) is 3.36. The molecule has 3 aromatic rings. The van der Waals surface area contributed by atoms with Crippen LogP contribution in [0.3, 0.4) is 0 Å². The second kappa shape index (κ2) is 12.4. The molecule has 2 aromatic carbocycles. The zero-order valence-electron chi connectivity index (χ0n) is 19.9. The first-order valence-corrected chi connectivity index (χ1v) is 11.9. The quantitative estimate of drug-likeness (QED) is 0.447. The molecule has 1 amide bonds. The molecule has 1 aliphatic heterocycles. The molecule has 0 bridgehead atoms. The van der Waals surface area contributed by atoms with Crippen LogP contribution in [0.2, 0.25) is 0 Å². The Morgan fingerprint density at radius 2 is 2.00 bits per heavy atom. The highest BCUT2D eigenvalue weighted by Crippen LogP contribution is 2.17. The minimum Gasteiger partial charge on any atom is -0.492 e. The summed E-state index contributed by atoms with van der Waals surface area (Å²) in [6.07, 6.45) is 2.67. The predicted octanol–water partition coefficient (Wildman–Crippen LogP) is 3.61. The van der Waals surface area contributed by atoms with Gasteiger partial charge in [0.15, 0.2) is 0 Å². The van der Waals surface area contributed by atoms with Gasteiger partial charge in [-0.25, -0.2) is 4.39 Å². The zero-order valence-corrected chi connectivity index (χ0v) is 19.9. The van der Waals surface area contributed by atoms with E-state index in [0.29, 0.717) is 42.9 Å². The minimum atomic E-state index is -0.329. The van der Waals surface area contributed by atoms with Crippen LogP contribution in [0.4, 0.5) is 4.39 Å². The molecule has 1 saturated heterocycles. The Hall–Kier alpha value is -3.30. The third-order valence-corrected chi connectivity index (χ3v) is 6.05. The molecule has 0 atom stereocenters. The Kier molecular flexibility index (Phi) is 8.80. The van der Waals surface area contributed by atoms with E-state index in [2.05, 4.69) is 27.4 Å². The first-order chi connectivity index (χ1) is 17.1. The van der Waals surface area contributed by atoms with E-state index in [1.165, 1.54) is 12.1 Å². The number of hydrogen-bond acceptors (Lipinski definition) is 7. The van der Waals surface area contributed by atoms with Crippen LogP contribution < -0.4 is 10.1 Å². The Morgan fingerprint density at radius 1 is 1.20 bits per heavy atom. The van der Waals surface area contributed by atoms with Crippen LogP contribution in [0.15, 0.2) is 53.1 Å². The molecule has 1 aliphatic rings. The van der Waals surface area contributed by atoms with E-state index in [1.54, 1.807) is 12.1 Å². The third kappa shape index (κ3) is 7.60. The highest BCUT2D eigenvalue weighted by Gasteiger charge is 2.18. The van der Waals surface area contributed by atoms with Crippen LogP contribution in [0.1, 0.15) is 30.7 Å². The van der Waals surface area contributed by atoms with Gasteiger partial charge < -0.3 is 19.3 Å². The summed E-state index contributed by atoms with van der Waals surface area (Å²) in [6, 6.07) is 14.1. The van der Waals surface area contributed by atoms with Gasteiger partial charge in [-0.05, 0) is 61.9 Å². The van der Waals surface area contributed by atoms with E-state index in [-0.39, 0.29) is 18.1 Å². The van der Waals surface area contributed by atoms with E-state index < -0.39 is 0 Å². The third-order valence-electron chi connectivity index (χ3n) is 6.05. The lowest BCUT2D eigenvalue weighted by Gasteiger charge is -2.31. The van der Waals surface area contributed by atoms with Gasteiger partial charge in [-0.3, -0.25) is 9.69 Å². The Labute approximate surface area is 204 Å². The summed E-state index contributed by atoms with van der Waals surface area (Å²) in [7, 11) is 2.13. The normalized spacial score (nSPS) is 14.3. The van der Waals surface area contributed by atoms with Crippen molar-refractivity contribution in [2.45, 2.75) is 38.3 Å².